The van der Waals surface area contributed by atoms with Gasteiger partial charge in [-0.2, -0.15) is 8.42 Å². The number of aryl methyl sites for hydroxylation is 1. The van der Waals surface area contributed by atoms with Crippen molar-refractivity contribution < 1.29 is 27.2 Å². The quantitative estimate of drug-likeness (QED) is 0.813. The van der Waals surface area contributed by atoms with Gasteiger partial charge in [0.15, 0.2) is 0 Å². The van der Waals surface area contributed by atoms with E-state index >= 15 is 0 Å². The maximum absolute atomic E-state index is 12.3. The molecule has 134 valence electrons. The Morgan fingerprint density at radius 1 is 1.29 bits per heavy atom. The summed E-state index contributed by atoms with van der Waals surface area (Å²) >= 11 is 0. The van der Waals surface area contributed by atoms with Gasteiger partial charge in [0.25, 0.3) is 10.1 Å². The van der Waals surface area contributed by atoms with Gasteiger partial charge in [0.05, 0.1) is 24.7 Å². The molecule has 1 aromatic rings. The molecule has 0 atom stereocenters. The molecule has 1 amide bonds. The number of benzene rings is 1. The Hall–Kier alpha value is -1.64. The summed E-state index contributed by atoms with van der Waals surface area (Å²) in [5, 5.41) is 9.55. The highest BCUT2D eigenvalue weighted by Gasteiger charge is 2.52. The summed E-state index contributed by atoms with van der Waals surface area (Å²) in [6.07, 6.45) is -1.14. The van der Waals surface area contributed by atoms with Crippen molar-refractivity contribution in [3.8, 4) is 0 Å². The summed E-state index contributed by atoms with van der Waals surface area (Å²) in [7, 11) is -3.97. The standard InChI is InChI=1S/C16H23NO6S/c1-12-5-7-13(8-6-12)24(20,21)23-11-16(9-22-10-16)17(14(18)19)15(2,3)4/h5-8H,9-11H2,1-4H3,(H,18,19). The maximum Gasteiger partial charge on any atom is 0.408 e. The third-order valence-corrected chi connectivity index (χ3v) is 5.15. The van der Waals surface area contributed by atoms with Crippen LogP contribution in [0.2, 0.25) is 0 Å². The lowest BCUT2D eigenvalue weighted by Crippen LogP contribution is -2.71. The molecule has 0 saturated carbocycles. The number of carbonyl (C=O) groups is 1. The van der Waals surface area contributed by atoms with E-state index in [4.69, 9.17) is 8.92 Å². The maximum atomic E-state index is 12.3. The molecule has 1 fully saturated rings. The van der Waals surface area contributed by atoms with Gasteiger partial charge in [-0.25, -0.2) is 4.79 Å². The van der Waals surface area contributed by atoms with Crippen molar-refractivity contribution in [2.24, 2.45) is 0 Å². The zero-order valence-corrected chi connectivity index (χ0v) is 15.1. The van der Waals surface area contributed by atoms with Crippen molar-refractivity contribution in [1.82, 2.24) is 4.90 Å². The highest BCUT2D eigenvalue weighted by Crippen LogP contribution is 2.33. The van der Waals surface area contributed by atoms with E-state index in [0.29, 0.717) is 0 Å². The lowest BCUT2D eigenvalue weighted by atomic mass is 9.90. The molecule has 1 aliphatic heterocycles. The van der Waals surface area contributed by atoms with Crippen LogP contribution in [0.5, 0.6) is 0 Å². The lowest BCUT2D eigenvalue weighted by Gasteiger charge is -2.52. The van der Waals surface area contributed by atoms with E-state index in [1.54, 1.807) is 32.9 Å². The molecule has 2 rings (SSSR count). The van der Waals surface area contributed by atoms with Crippen LogP contribution in [0.3, 0.4) is 0 Å². The average molecular weight is 357 g/mol. The number of carboxylic acid groups (broad SMARTS) is 1. The molecule has 24 heavy (non-hydrogen) atoms. The largest absolute Gasteiger partial charge is 0.465 e. The Labute approximate surface area is 142 Å². The van der Waals surface area contributed by atoms with Crippen LogP contribution in [-0.2, 0) is 19.0 Å². The Bertz CT molecular complexity index is 701. The van der Waals surface area contributed by atoms with Crippen LogP contribution in [0.4, 0.5) is 4.79 Å². The molecule has 0 unspecified atom stereocenters. The second-order valence-electron chi connectivity index (χ2n) is 7.04. The second kappa shape index (κ2) is 6.34. The molecular formula is C16H23NO6S. The fourth-order valence-corrected chi connectivity index (χ4v) is 3.76. The summed E-state index contributed by atoms with van der Waals surface area (Å²) in [5.41, 5.74) is -0.795. The highest BCUT2D eigenvalue weighted by atomic mass is 32.2. The van der Waals surface area contributed by atoms with Crippen molar-refractivity contribution in [2.75, 3.05) is 19.8 Å². The van der Waals surface area contributed by atoms with E-state index < -0.39 is 27.3 Å². The first-order valence-electron chi connectivity index (χ1n) is 7.55. The minimum Gasteiger partial charge on any atom is -0.465 e. The van der Waals surface area contributed by atoms with E-state index in [-0.39, 0.29) is 24.7 Å². The topological polar surface area (TPSA) is 93.1 Å². The van der Waals surface area contributed by atoms with E-state index in [9.17, 15) is 18.3 Å². The summed E-state index contributed by atoms with van der Waals surface area (Å²) in [5.74, 6) is 0. The van der Waals surface area contributed by atoms with Crippen molar-refractivity contribution in [3.05, 3.63) is 29.8 Å². The monoisotopic (exact) mass is 357 g/mol. The summed E-state index contributed by atoms with van der Waals surface area (Å²) in [4.78, 5) is 12.9. The number of hydrogen-bond acceptors (Lipinski definition) is 5. The van der Waals surface area contributed by atoms with Crippen LogP contribution in [0.25, 0.3) is 0 Å². The van der Waals surface area contributed by atoms with E-state index in [1.165, 1.54) is 17.0 Å². The smallest absolute Gasteiger partial charge is 0.408 e. The fraction of sp³-hybridized carbons (Fsp3) is 0.562. The number of rotatable bonds is 5. The van der Waals surface area contributed by atoms with Crippen LogP contribution in [0.15, 0.2) is 29.2 Å². The van der Waals surface area contributed by atoms with Gasteiger partial charge in [-0.1, -0.05) is 17.7 Å². The van der Waals surface area contributed by atoms with Crippen molar-refractivity contribution in [2.45, 2.75) is 43.7 Å². The van der Waals surface area contributed by atoms with Crippen LogP contribution < -0.4 is 0 Å². The van der Waals surface area contributed by atoms with Crippen LogP contribution in [0, 0.1) is 6.92 Å². The Balaban J connectivity index is 2.21. The van der Waals surface area contributed by atoms with E-state index in [2.05, 4.69) is 0 Å². The van der Waals surface area contributed by atoms with E-state index in [1.807, 2.05) is 6.92 Å². The van der Waals surface area contributed by atoms with Crippen molar-refractivity contribution in [1.29, 1.82) is 0 Å². The normalized spacial score (nSPS) is 17.2. The van der Waals surface area contributed by atoms with Gasteiger partial charge in [-0.05, 0) is 39.8 Å². The first kappa shape index (κ1) is 18.7. The third kappa shape index (κ3) is 3.71. The van der Waals surface area contributed by atoms with Gasteiger partial charge in [-0.15, -0.1) is 0 Å². The lowest BCUT2D eigenvalue weighted by molar-refractivity contribution is -0.165. The van der Waals surface area contributed by atoms with Gasteiger partial charge in [0.1, 0.15) is 5.54 Å². The van der Waals surface area contributed by atoms with Gasteiger partial charge < -0.3 is 9.84 Å². The molecule has 0 spiro atoms. The van der Waals surface area contributed by atoms with E-state index in [0.717, 1.165) is 5.56 Å². The molecule has 1 heterocycles. The number of hydrogen-bond donors (Lipinski definition) is 1. The summed E-state index contributed by atoms with van der Waals surface area (Å²) in [6.45, 7) is 7.00. The van der Waals surface area contributed by atoms with Gasteiger partial charge in [-0.3, -0.25) is 9.08 Å². The zero-order chi connectivity index (χ0) is 18.2. The number of amides is 1. The molecule has 0 aliphatic carbocycles. The minimum absolute atomic E-state index is 0.0427. The molecule has 8 heteroatoms. The zero-order valence-electron chi connectivity index (χ0n) is 14.3. The predicted octanol–water partition coefficient (Wildman–Crippen LogP) is 2.25. The Kier molecular flexibility index (Phi) is 4.94. The van der Waals surface area contributed by atoms with Crippen molar-refractivity contribution >= 4 is 16.2 Å². The minimum atomic E-state index is -3.97. The molecule has 7 nitrogen and oxygen atoms in total. The summed E-state index contributed by atoms with van der Waals surface area (Å²) in [6, 6.07) is 6.29. The van der Waals surface area contributed by atoms with Crippen LogP contribution in [0.1, 0.15) is 26.3 Å². The second-order valence-corrected chi connectivity index (χ2v) is 8.65. The molecule has 1 saturated heterocycles. The molecule has 0 radical (unpaired) electrons. The predicted molar refractivity (Wildman–Crippen MR) is 87.5 cm³/mol. The van der Waals surface area contributed by atoms with Gasteiger partial charge >= 0.3 is 6.09 Å². The molecule has 1 aromatic carbocycles. The first-order valence-corrected chi connectivity index (χ1v) is 8.96. The number of nitrogens with zero attached hydrogens (tertiary/aromatic N) is 1. The molecule has 0 bridgehead atoms. The van der Waals surface area contributed by atoms with Crippen molar-refractivity contribution in [3.63, 3.8) is 0 Å². The molecule has 1 N–H and O–H groups in total. The molecule has 1 aliphatic rings. The molecule has 0 aromatic heterocycles. The third-order valence-electron chi connectivity index (χ3n) is 3.87. The number of ether oxygens (including phenoxy) is 1. The van der Waals surface area contributed by atoms with Gasteiger partial charge in [0, 0.05) is 5.54 Å². The fourth-order valence-electron chi connectivity index (χ4n) is 2.78. The average Bonchev–Trinajstić information content (AvgIpc) is 2.40. The summed E-state index contributed by atoms with van der Waals surface area (Å²) < 4.78 is 35.0. The SMILES string of the molecule is Cc1ccc(S(=O)(=O)OCC2(N(C(=O)O)C(C)(C)C)COC2)cc1. The van der Waals surface area contributed by atoms with Crippen LogP contribution in [-0.4, -0.2) is 55.4 Å². The first-order chi connectivity index (χ1) is 11.0. The molecular weight excluding hydrogens is 334 g/mol. The Morgan fingerprint density at radius 3 is 2.21 bits per heavy atom. The highest BCUT2D eigenvalue weighted by molar-refractivity contribution is 7.86. The van der Waals surface area contributed by atoms with Crippen LogP contribution >= 0.6 is 0 Å². The Morgan fingerprint density at radius 2 is 1.83 bits per heavy atom. The van der Waals surface area contributed by atoms with Gasteiger partial charge in [0.2, 0.25) is 0 Å².